The molecule has 0 aliphatic heterocycles. The second kappa shape index (κ2) is 4.58. The Hall–Kier alpha value is -1.61. The first-order valence-electron chi connectivity index (χ1n) is 5.87. The lowest BCUT2D eigenvalue weighted by molar-refractivity contribution is 0.610. The zero-order valence-electron chi connectivity index (χ0n) is 9.66. The van der Waals surface area contributed by atoms with Gasteiger partial charge in [0.05, 0.1) is 5.02 Å². The highest BCUT2D eigenvalue weighted by Gasteiger charge is 2.25. The predicted molar refractivity (Wildman–Crippen MR) is 70.5 cm³/mol. The first-order valence-corrected chi connectivity index (χ1v) is 6.25. The highest BCUT2D eigenvalue weighted by Crippen LogP contribution is 2.30. The summed E-state index contributed by atoms with van der Waals surface area (Å²) in [4.78, 5) is 4.21. The summed E-state index contributed by atoms with van der Waals surface area (Å²) in [6.45, 7) is 0. The van der Waals surface area contributed by atoms with Crippen LogP contribution in [0.15, 0.2) is 36.5 Å². The molecule has 0 fully saturated rings. The molecular formula is C14H12ClFN2. The highest BCUT2D eigenvalue weighted by atomic mass is 35.5. The van der Waals surface area contributed by atoms with Crippen LogP contribution < -0.4 is 5.32 Å². The number of rotatable bonds is 2. The van der Waals surface area contributed by atoms with E-state index in [1.54, 1.807) is 12.3 Å². The van der Waals surface area contributed by atoms with Crippen LogP contribution >= 0.6 is 11.6 Å². The third-order valence-electron chi connectivity index (χ3n) is 3.23. The van der Waals surface area contributed by atoms with E-state index in [1.165, 1.54) is 0 Å². The van der Waals surface area contributed by atoms with Gasteiger partial charge in [-0.05, 0) is 42.2 Å². The lowest BCUT2D eigenvalue weighted by Gasteiger charge is -2.12. The predicted octanol–water partition coefficient (Wildman–Crippen LogP) is 3.45. The molecule has 1 aromatic heterocycles. The second-order valence-electron chi connectivity index (χ2n) is 4.46. The number of nitrogens with zero attached hydrogens (tertiary/aromatic N) is 1. The minimum atomic E-state index is -0.278. The van der Waals surface area contributed by atoms with Gasteiger partial charge in [-0.15, -0.1) is 0 Å². The Labute approximate surface area is 110 Å². The largest absolute Gasteiger partial charge is 0.367 e. The van der Waals surface area contributed by atoms with Crippen molar-refractivity contribution < 1.29 is 4.39 Å². The lowest BCUT2D eigenvalue weighted by atomic mass is 10.1. The van der Waals surface area contributed by atoms with Gasteiger partial charge in [0.1, 0.15) is 11.6 Å². The van der Waals surface area contributed by atoms with Gasteiger partial charge in [-0.2, -0.15) is 0 Å². The van der Waals surface area contributed by atoms with Crippen LogP contribution in [0.5, 0.6) is 0 Å². The number of nitrogens with one attached hydrogen (secondary N) is 1. The van der Waals surface area contributed by atoms with E-state index in [0.29, 0.717) is 6.42 Å². The standard InChI is InChI=1S/C14H12ClFN2/c15-12-5-4-9-7-10(8-11(9)14(12)16)18-13-3-1-2-6-17-13/h1-6,10H,7-8H2,(H,17,18). The number of benzene rings is 1. The first kappa shape index (κ1) is 11.5. The molecule has 0 spiro atoms. The summed E-state index contributed by atoms with van der Waals surface area (Å²) in [5.41, 5.74) is 1.77. The molecular weight excluding hydrogens is 251 g/mol. The minimum Gasteiger partial charge on any atom is -0.367 e. The van der Waals surface area contributed by atoms with E-state index in [1.807, 2.05) is 24.3 Å². The molecule has 0 radical (unpaired) electrons. The van der Waals surface area contributed by atoms with Crippen molar-refractivity contribution >= 4 is 17.4 Å². The maximum Gasteiger partial charge on any atom is 0.145 e. The molecule has 1 heterocycles. The molecule has 1 N–H and O–H groups in total. The van der Waals surface area contributed by atoms with E-state index in [9.17, 15) is 4.39 Å². The Morgan fingerprint density at radius 3 is 2.89 bits per heavy atom. The quantitative estimate of drug-likeness (QED) is 0.897. The van der Waals surface area contributed by atoms with E-state index >= 15 is 0 Å². The Balaban J connectivity index is 1.79. The molecule has 0 bridgehead atoms. The monoisotopic (exact) mass is 262 g/mol. The number of fused-ring (bicyclic) bond motifs is 1. The Morgan fingerprint density at radius 1 is 1.22 bits per heavy atom. The fraction of sp³-hybridized carbons (Fsp3) is 0.214. The molecule has 1 unspecified atom stereocenters. The first-order chi connectivity index (χ1) is 8.74. The van der Waals surface area contributed by atoms with Crippen LogP contribution in [0, 0.1) is 5.82 Å². The summed E-state index contributed by atoms with van der Waals surface area (Å²) >= 11 is 5.79. The van der Waals surface area contributed by atoms with Crippen molar-refractivity contribution in [3.63, 3.8) is 0 Å². The molecule has 4 heteroatoms. The van der Waals surface area contributed by atoms with Crippen LogP contribution in [-0.4, -0.2) is 11.0 Å². The second-order valence-corrected chi connectivity index (χ2v) is 4.87. The van der Waals surface area contributed by atoms with Gasteiger partial charge < -0.3 is 5.32 Å². The van der Waals surface area contributed by atoms with Crippen molar-refractivity contribution in [2.24, 2.45) is 0 Å². The van der Waals surface area contributed by atoms with E-state index in [-0.39, 0.29) is 16.9 Å². The number of hydrogen-bond acceptors (Lipinski definition) is 2. The maximum atomic E-state index is 13.8. The van der Waals surface area contributed by atoms with Crippen LogP contribution in [0.2, 0.25) is 5.02 Å². The Morgan fingerprint density at radius 2 is 2.11 bits per heavy atom. The number of anilines is 1. The van der Waals surface area contributed by atoms with Gasteiger partial charge in [-0.1, -0.05) is 23.7 Å². The van der Waals surface area contributed by atoms with Crippen molar-refractivity contribution in [2.45, 2.75) is 18.9 Å². The molecule has 2 nitrogen and oxygen atoms in total. The minimum absolute atomic E-state index is 0.183. The summed E-state index contributed by atoms with van der Waals surface area (Å²) in [5, 5.41) is 3.51. The average molecular weight is 263 g/mol. The van der Waals surface area contributed by atoms with E-state index in [2.05, 4.69) is 10.3 Å². The number of hydrogen-bond donors (Lipinski definition) is 1. The van der Waals surface area contributed by atoms with Crippen LogP contribution in [0.25, 0.3) is 0 Å². The van der Waals surface area contributed by atoms with Gasteiger partial charge in [0, 0.05) is 12.2 Å². The normalized spacial score (nSPS) is 17.6. The molecule has 0 saturated carbocycles. The van der Waals surface area contributed by atoms with Gasteiger partial charge >= 0.3 is 0 Å². The van der Waals surface area contributed by atoms with Crippen molar-refractivity contribution in [1.29, 1.82) is 0 Å². The van der Waals surface area contributed by atoms with Gasteiger partial charge in [-0.25, -0.2) is 9.37 Å². The van der Waals surface area contributed by atoms with Crippen LogP contribution in [0.3, 0.4) is 0 Å². The number of pyridine rings is 1. The molecule has 2 aromatic rings. The van der Waals surface area contributed by atoms with Gasteiger partial charge in [0.15, 0.2) is 0 Å². The fourth-order valence-corrected chi connectivity index (χ4v) is 2.56. The molecule has 18 heavy (non-hydrogen) atoms. The number of aromatic nitrogens is 1. The van der Waals surface area contributed by atoms with Crippen LogP contribution in [0.1, 0.15) is 11.1 Å². The molecule has 92 valence electrons. The molecule has 1 atom stereocenters. The third kappa shape index (κ3) is 2.06. The fourth-order valence-electron chi connectivity index (χ4n) is 2.39. The highest BCUT2D eigenvalue weighted by molar-refractivity contribution is 6.30. The average Bonchev–Trinajstić information content (AvgIpc) is 2.79. The smallest absolute Gasteiger partial charge is 0.145 e. The number of halogens is 2. The molecule has 1 aliphatic carbocycles. The summed E-state index contributed by atoms with van der Waals surface area (Å²) in [7, 11) is 0. The zero-order chi connectivity index (χ0) is 12.5. The van der Waals surface area contributed by atoms with Gasteiger partial charge in [0.2, 0.25) is 0 Å². The molecule has 1 aromatic carbocycles. The van der Waals surface area contributed by atoms with Crippen molar-refractivity contribution in [3.8, 4) is 0 Å². The maximum absolute atomic E-state index is 13.8. The summed E-state index contributed by atoms with van der Waals surface area (Å²) in [6.07, 6.45) is 3.19. The van der Waals surface area contributed by atoms with Gasteiger partial charge in [0.25, 0.3) is 0 Å². The zero-order valence-corrected chi connectivity index (χ0v) is 10.4. The molecule has 3 rings (SSSR count). The Kier molecular flexibility index (Phi) is 2.92. The van der Waals surface area contributed by atoms with E-state index in [4.69, 9.17) is 11.6 Å². The van der Waals surface area contributed by atoms with Gasteiger partial charge in [-0.3, -0.25) is 0 Å². The van der Waals surface area contributed by atoms with E-state index in [0.717, 1.165) is 23.4 Å². The van der Waals surface area contributed by atoms with Crippen LogP contribution in [-0.2, 0) is 12.8 Å². The van der Waals surface area contributed by atoms with Crippen LogP contribution in [0.4, 0.5) is 10.2 Å². The lowest BCUT2D eigenvalue weighted by Crippen LogP contribution is -2.20. The SMILES string of the molecule is Fc1c(Cl)ccc2c1CC(Nc1ccccn1)C2. The molecule has 1 aliphatic rings. The molecule has 0 saturated heterocycles. The summed E-state index contributed by atoms with van der Waals surface area (Å²) in [6, 6.07) is 9.41. The van der Waals surface area contributed by atoms with Crippen molar-refractivity contribution in [3.05, 3.63) is 58.5 Å². The summed E-state index contributed by atoms with van der Waals surface area (Å²) in [5.74, 6) is 0.543. The topological polar surface area (TPSA) is 24.9 Å². The Bertz CT molecular complexity index is 572. The third-order valence-corrected chi connectivity index (χ3v) is 3.52. The van der Waals surface area contributed by atoms with Crippen molar-refractivity contribution in [2.75, 3.05) is 5.32 Å². The molecule has 0 amide bonds. The summed E-state index contributed by atoms with van der Waals surface area (Å²) < 4.78 is 13.8. The van der Waals surface area contributed by atoms with E-state index < -0.39 is 0 Å². The van der Waals surface area contributed by atoms with Crippen molar-refractivity contribution in [1.82, 2.24) is 4.98 Å².